The number of anilines is 1. The van der Waals surface area contributed by atoms with Gasteiger partial charge in [-0.3, -0.25) is 10.1 Å². The Hall–Kier alpha value is -1.21. The number of aryl methyl sites for hydroxylation is 1. The normalized spacial score (nSPS) is 10.8. The zero-order chi connectivity index (χ0) is 20.4. The van der Waals surface area contributed by atoms with Gasteiger partial charge in [-0.05, 0) is 6.92 Å². The Kier molecular flexibility index (Phi) is 6.97. The molecule has 1 amide bonds. The summed E-state index contributed by atoms with van der Waals surface area (Å²) in [5.74, 6) is -0.462. The topological polar surface area (TPSA) is 51.2 Å². The SMILES string of the molecule is Cc1ccc(-c2csc(NC(=O)COc3c(Cl)c(Cl)c(Cl)c(Cl)c3Cl)n2)cc1. The van der Waals surface area contributed by atoms with Gasteiger partial charge in [0, 0.05) is 10.9 Å². The van der Waals surface area contributed by atoms with Gasteiger partial charge in [-0.1, -0.05) is 87.8 Å². The molecule has 0 saturated carbocycles. The fraction of sp³-hybridized carbons (Fsp3) is 0.111. The van der Waals surface area contributed by atoms with Gasteiger partial charge in [0.15, 0.2) is 17.5 Å². The maximum atomic E-state index is 12.2. The Morgan fingerprint density at radius 1 is 1.00 bits per heavy atom. The largest absolute Gasteiger partial charge is 0.481 e. The van der Waals surface area contributed by atoms with Crippen LogP contribution in [0.2, 0.25) is 25.1 Å². The van der Waals surface area contributed by atoms with E-state index in [2.05, 4.69) is 10.3 Å². The minimum atomic E-state index is -0.445. The molecule has 0 bridgehead atoms. The van der Waals surface area contributed by atoms with E-state index < -0.39 is 5.91 Å². The van der Waals surface area contributed by atoms with Crippen LogP contribution in [0.1, 0.15) is 5.56 Å². The van der Waals surface area contributed by atoms with Crippen molar-refractivity contribution in [1.82, 2.24) is 4.98 Å². The molecule has 3 rings (SSSR count). The number of amides is 1. The summed E-state index contributed by atoms with van der Waals surface area (Å²) in [6, 6.07) is 7.93. The van der Waals surface area contributed by atoms with E-state index in [1.807, 2.05) is 36.6 Å². The zero-order valence-corrected chi connectivity index (χ0v) is 18.8. The highest BCUT2D eigenvalue weighted by atomic mass is 35.5. The van der Waals surface area contributed by atoms with Gasteiger partial charge in [0.2, 0.25) is 0 Å². The highest BCUT2D eigenvalue weighted by Gasteiger charge is 2.21. The van der Waals surface area contributed by atoms with Crippen LogP contribution in [-0.2, 0) is 4.79 Å². The first kappa shape index (κ1) is 21.5. The number of thiazole rings is 1. The van der Waals surface area contributed by atoms with Gasteiger partial charge in [-0.15, -0.1) is 11.3 Å². The summed E-state index contributed by atoms with van der Waals surface area (Å²) in [5.41, 5.74) is 2.88. The Bertz CT molecular complexity index is 1010. The summed E-state index contributed by atoms with van der Waals surface area (Å²) in [7, 11) is 0. The average molecular weight is 497 g/mol. The first-order chi connectivity index (χ1) is 13.3. The Labute approximate surface area is 190 Å². The highest BCUT2D eigenvalue weighted by Crippen LogP contribution is 2.48. The van der Waals surface area contributed by atoms with Crippen LogP contribution < -0.4 is 10.1 Å². The van der Waals surface area contributed by atoms with Gasteiger partial charge in [0.25, 0.3) is 5.91 Å². The molecule has 0 atom stereocenters. The number of carbonyl (C=O) groups excluding carboxylic acids is 1. The summed E-state index contributed by atoms with van der Waals surface area (Å²) in [5, 5.41) is 4.91. The minimum Gasteiger partial charge on any atom is -0.481 e. The highest BCUT2D eigenvalue weighted by molar-refractivity contribution is 7.14. The second kappa shape index (κ2) is 9.08. The number of carbonyl (C=O) groups is 1. The summed E-state index contributed by atoms with van der Waals surface area (Å²) in [6.45, 7) is 1.64. The average Bonchev–Trinajstić information content (AvgIpc) is 3.13. The Morgan fingerprint density at radius 3 is 2.18 bits per heavy atom. The summed E-state index contributed by atoms with van der Waals surface area (Å²) >= 11 is 31.3. The number of rotatable bonds is 5. The van der Waals surface area contributed by atoms with Crippen molar-refractivity contribution in [3.63, 3.8) is 0 Å². The van der Waals surface area contributed by atoms with Crippen molar-refractivity contribution in [2.24, 2.45) is 0 Å². The second-order valence-corrected chi connectivity index (χ2v) is 8.39. The number of nitrogens with one attached hydrogen (secondary N) is 1. The van der Waals surface area contributed by atoms with Gasteiger partial charge < -0.3 is 4.74 Å². The van der Waals surface area contributed by atoms with Crippen LogP contribution in [0.5, 0.6) is 5.75 Å². The van der Waals surface area contributed by atoms with Crippen LogP contribution in [0.4, 0.5) is 5.13 Å². The molecule has 0 aliphatic rings. The Balaban J connectivity index is 1.67. The molecule has 0 aliphatic carbocycles. The molecule has 0 radical (unpaired) electrons. The molecule has 1 N–H and O–H groups in total. The van der Waals surface area contributed by atoms with E-state index in [1.165, 1.54) is 11.3 Å². The molecular formula is C18H11Cl5N2O2S. The number of aromatic nitrogens is 1. The molecule has 146 valence electrons. The molecule has 0 fully saturated rings. The number of hydrogen-bond donors (Lipinski definition) is 1. The number of benzene rings is 2. The number of ether oxygens (including phenoxy) is 1. The van der Waals surface area contributed by atoms with Crippen LogP contribution in [0.25, 0.3) is 11.3 Å². The van der Waals surface area contributed by atoms with Crippen LogP contribution in [0.15, 0.2) is 29.6 Å². The molecule has 28 heavy (non-hydrogen) atoms. The monoisotopic (exact) mass is 494 g/mol. The molecule has 4 nitrogen and oxygen atoms in total. The molecule has 10 heteroatoms. The maximum Gasteiger partial charge on any atom is 0.264 e. The van der Waals surface area contributed by atoms with E-state index in [4.69, 9.17) is 62.7 Å². The molecule has 0 aliphatic heterocycles. The lowest BCUT2D eigenvalue weighted by Crippen LogP contribution is -2.20. The van der Waals surface area contributed by atoms with Gasteiger partial charge in [-0.2, -0.15) is 0 Å². The van der Waals surface area contributed by atoms with E-state index in [0.29, 0.717) is 5.13 Å². The van der Waals surface area contributed by atoms with Crippen LogP contribution in [0, 0.1) is 6.92 Å². The maximum absolute atomic E-state index is 12.2. The zero-order valence-electron chi connectivity index (χ0n) is 14.2. The molecule has 1 heterocycles. The third-order valence-corrected chi connectivity index (χ3v) is 6.61. The standard InChI is InChI=1S/C18H11Cl5N2O2S/c1-8-2-4-9(5-3-8)10-7-28-18(24-10)25-11(26)6-27-17-15(22)13(20)12(19)14(21)16(17)23/h2-5,7H,6H2,1H3,(H,24,25,26). The van der Waals surface area contributed by atoms with Crippen molar-refractivity contribution in [1.29, 1.82) is 0 Å². The fourth-order valence-corrected chi connectivity index (χ4v) is 4.16. The number of hydrogen-bond acceptors (Lipinski definition) is 4. The number of halogens is 5. The lowest BCUT2D eigenvalue weighted by Gasteiger charge is -2.13. The summed E-state index contributed by atoms with van der Waals surface area (Å²) < 4.78 is 5.40. The molecule has 2 aromatic carbocycles. The lowest BCUT2D eigenvalue weighted by molar-refractivity contribution is -0.118. The smallest absolute Gasteiger partial charge is 0.264 e. The fourth-order valence-electron chi connectivity index (χ4n) is 2.19. The van der Waals surface area contributed by atoms with Crippen molar-refractivity contribution >= 4 is 80.4 Å². The lowest BCUT2D eigenvalue weighted by atomic mass is 10.1. The molecule has 1 aromatic heterocycles. The van der Waals surface area contributed by atoms with Crippen LogP contribution in [0.3, 0.4) is 0 Å². The van der Waals surface area contributed by atoms with Crippen molar-refractivity contribution in [3.05, 3.63) is 60.3 Å². The van der Waals surface area contributed by atoms with Gasteiger partial charge in [0.1, 0.15) is 10.0 Å². The predicted molar refractivity (Wildman–Crippen MR) is 118 cm³/mol. The minimum absolute atomic E-state index is 0.00388. The predicted octanol–water partition coefficient (Wildman–Crippen LogP) is 7.40. The Morgan fingerprint density at radius 2 is 1.57 bits per heavy atom. The summed E-state index contributed by atoms with van der Waals surface area (Å²) in [6.07, 6.45) is 0. The first-order valence-electron chi connectivity index (χ1n) is 7.74. The molecule has 0 saturated heterocycles. The third-order valence-electron chi connectivity index (χ3n) is 3.61. The first-order valence-corrected chi connectivity index (χ1v) is 10.5. The van der Waals surface area contributed by atoms with E-state index in [-0.39, 0.29) is 37.5 Å². The van der Waals surface area contributed by atoms with Crippen molar-refractivity contribution in [2.45, 2.75) is 6.92 Å². The molecule has 3 aromatic rings. The third kappa shape index (κ3) is 4.67. The molecule has 0 spiro atoms. The summed E-state index contributed by atoms with van der Waals surface area (Å²) in [4.78, 5) is 16.6. The quantitative estimate of drug-likeness (QED) is 0.296. The van der Waals surface area contributed by atoms with E-state index >= 15 is 0 Å². The van der Waals surface area contributed by atoms with Crippen LogP contribution in [-0.4, -0.2) is 17.5 Å². The van der Waals surface area contributed by atoms with Gasteiger partial charge >= 0.3 is 0 Å². The van der Waals surface area contributed by atoms with Crippen molar-refractivity contribution < 1.29 is 9.53 Å². The van der Waals surface area contributed by atoms with Crippen LogP contribution >= 0.6 is 69.3 Å². The van der Waals surface area contributed by atoms with Crippen molar-refractivity contribution in [2.75, 3.05) is 11.9 Å². The van der Waals surface area contributed by atoms with E-state index in [1.54, 1.807) is 0 Å². The van der Waals surface area contributed by atoms with Crippen molar-refractivity contribution in [3.8, 4) is 17.0 Å². The molecule has 0 unspecified atom stereocenters. The van der Waals surface area contributed by atoms with Gasteiger partial charge in [0.05, 0.1) is 20.8 Å². The van der Waals surface area contributed by atoms with E-state index in [0.717, 1.165) is 16.8 Å². The second-order valence-electron chi connectivity index (χ2n) is 5.64. The van der Waals surface area contributed by atoms with E-state index in [9.17, 15) is 4.79 Å². The number of nitrogens with zero attached hydrogens (tertiary/aromatic N) is 1. The van der Waals surface area contributed by atoms with Gasteiger partial charge in [-0.25, -0.2) is 4.98 Å². The molecular weight excluding hydrogens is 486 g/mol.